The molecule has 1 aliphatic heterocycles. The van der Waals surface area contributed by atoms with Gasteiger partial charge in [-0.15, -0.1) is 11.6 Å². The molecule has 0 fully saturated rings. The van der Waals surface area contributed by atoms with Gasteiger partial charge in [-0.1, -0.05) is 24.3 Å². The number of nitrogens with zero attached hydrogens (tertiary/aromatic N) is 2. The van der Waals surface area contributed by atoms with Crippen LogP contribution in [0.1, 0.15) is 44.4 Å². The second-order valence-corrected chi connectivity index (χ2v) is 10.4. The Kier molecular flexibility index (Phi) is 8.54. The third-order valence-corrected chi connectivity index (χ3v) is 6.11. The van der Waals surface area contributed by atoms with Gasteiger partial charge in [0.05, 0.1) is 20.3 Å². The average Bonchev–Trinajstić information content (AvgIpc) is 2.81. The van der Waals surface area contributed by atoms with Gasteiger partial charge in [0, 0.05) is 31.3 Å². The molecule has 2 aromatic rings. The average molecular weight is 503 g/mol. The molecule has 0 aromatic heterocycles. The van der Waals surface area contributed by atoms with Crippen LogP contribution in [0.4, 0.5) is 4.79 Å². The van der Waals surface area contributed by atoms with Crippen LogP contribution in [0.15, 0.2) is 42.5 Å². The van der Waals surface area contributed by atoms with E-state index in [2.05, 4.69) is 6.07 Å². The van der Waals surface area contributed by atoms with E-state index in [0.29, 0.717) is 31.0 Å². The summed E-state index contributed by atoms with van der Waals surface area (Å²) in [6, 6.07) is 13.3. The highest BCUT2D eigenvalue weighted by molar-refractivity contribution is 6.30. The van der Waals surface area contributed by atoms with E-state index in [1.165, 1.54) is 0 Å². The molecule has 0 aliphatic carbocycles. The molecule has 0 spiro atoms. The summed E-state index contributed by atoms with van der Waals surface area (Å²) >= 11 is 6.25. The van der Waals surface area contributed by atoms with Crippen LogP contribution in [0.25, 0.3) is 0 Å². The standard InChI is InChI=1S/C27H35ClN2O5/c1-18(28)25(31)29(15-21-11-12-23(33-5)14-24(21)34-6)17-22-13-19-9-7-8-10-20(19)16-30(22)26(32)35-27(2,3)4/h7-12,14,18,22H,13,15-17H2,1-6H3/t18?,22-/m1/s1. The quantitative estimate of drug-likeness (QED) is 0.497. The minimum Gasteiger partial charge on any atom is -0.497 e. The van der Waals surface area contributed by atoms with E-state index in [9.17, 15) is 9.59 Å². The fraction of sp³-hybridized carbons (Fsp3) is 0.481. The van der Waals surface area contributed by atoms with Gasteiger partial charge in [0.1, 0.15) is 22.5 Å². The summed E-state index contributed by atoms with van der Waals surface area (Å²) < 4.78 is 16.6. The maximum Gasteiger partial charge on any atom is 0.410 e. The second kappa shape index (κ2) is 11.2. The first-order valence-electron chi connectivity index (χ1n) is 11.7. The van der Waals surface area contributed by atoms with Gasteiger partial charge in [0.25, 0.3) is 0 Å². The molecule has 0 saturated carbocycles. The number of hydrogen-bond acceptors (Lipinski definition) is 5. The van der Waals surface area contributed by atoms with Gasteiger partial charge in [-0.05, 0) is 57.4 Å². The summed E-state index contributed by atoms with van der Waals surface area (Å²) in [6.45, 7) is 8.20. The van der Waals surface area contributed by atoms with E-state index < -0.39 is 17.1 Å². The van der Waals surface area contributed by atoms with Crippen molar-refractivity contribution < 1.29 is 23.8 Å². The molecular weight excluding hydrogens is 468 g/mol. The van der Waals surface area contributed by atoms with Crippen LogP contribution in [0.2, 0.25) is 0 Å². The van der Waals surface area contributed by atoms with Gasteiger partial charge in [-0.25, -0.2) is 4.79 Å². The second-order valence-electron chi connectivity index (χ2n) is 9.75. The molecule has 0 saturated heterocycles. The predicted octanol–water partition coefficient (Wildman–Crippen LogP) is 5.02. The van der Waals surface area contributed by atoms with Gasteiger partial charge in [0.15, 0.2) is 0 Å². The van der Waals surface area contributed by atoms with E-state index in [1.54, 1.807) is 37.0 Å². The number of carbonyl (C=O) groups excluding carboxylic acids is 2. The molecule has 3 rings (SSSR count). The first-order valence-corrected chi connectivity index (χ1v) is 12.2. The summed E-state index contributed by atoms with van der Waals surface area (Å²) in [5.41, 5.74) is 2.43. The lowest BCUT2D eigenvalue weighted by atomic mass is 9.93. The first kappa shape index (κ1) is 26.7. The molecule has 0 bridgehead atoms. The molecule has 1 aliphatic rings. The molecule has 1 heterocycles. The molecule has 2 amide bonds. The summed E-state index contributed by atoms with van der Waals surface area (Å²) in [5.74, 6) is 1.06. The Labute approximate surface area is 212 Å². The lowest BCUT2D eigenvalue weighted by molar-refractivity contribution is -0.132. The highest BCUT2D eigenvalue weighted by atomic mass is 35.5. The fourth-order valence-electron chi connectivity index (χ4n) is 4.21. The van der Waals surface area contributed by atoms with Crippen molar-refractivity contribution in [3.63, 3.8) is 0 Å². The van der Waals surface area contributed by atoms with Gasteiger partial charge in [-0.2, -0.15) is 0 Å². The van der Waals surface area contributed by atoms with Crippen LogP contribution in [-0.4, -0.2) is 59.6 Å². The van der Waals surface area contributed by atoms with Crippen molar-refractivity contribution in [3.05, 3.63) is 59.2 Å². The number of hydrogen-bond donors (Lipinski definition) is 0. The largest absolute Gasteiger partial charge is 0.497 e. The van der Waals surface area contributed by atoms with Gasteiger partial charge >= 0.3 is 6.09 Å². The van der Waals surface area contributed by atoms with E-state index in [0.717, 1.165) is 16.7 Å². The van der Waals surface area contributed by atoms with Gasteiger partial charge in [-0.3, -0.25) is 9.69 Å². The van der Waals surface area contributed by atoms with Crippen LogP contribution in [0.3, 0.4) is 0 Å². The van der Waals surface area contributed by atoms with Gasteiger partial charge in [0.2, 0.25) is 5.91 Å². The summed E-state index contributed by atoms with van der Waals surface area (Å²) in [7, 11) is 3.17. The number of benzene rings is 2. The number of halogens is 1. The summed E-state index contributed by atoms with van der Waals surface area (Å²) in [4.78, 5) is 29.8. The highest BCUT2D eigenvalue weighted by Crippen LogP contribution is 2.29. The Hall–Kier alpha value is -2.93. The Bertz CT molecular complexity index is 1050. The molecule has 35 heavy (non-hydrogen) atoms. The number of ether oxygens (including phenoxy) is 3. The van der Waals surface area contributed by atoms with Crippen molar-refractivity contribution in [2.75, 3.05) is 20.8 Å². The lowest BCUT2D eigenvalue weighted by Gasteiger charge is -2.40. The maximum absolute atomic E-state index is 13.2. The number of alkyl halides is 1. The molecule has 2 atom stereocenters. The van der Waals surface area contributed by atoms with E-state index in [4.69, 9.17) is 25.8 Å². The Morgan fingerprint density at radius 1 is 1.11 bits per heavy atom. The lowest BCUT2D eigenvalue weighted by Crippen LogP contribution is -2.52. The van der Waals surface area contributed by atoms with Crippen LogP contribution >= 0.6 is 11.6 Å². The van der Waals surface area contributed by atoms with E-state index in [-0.39, 0.29) is 18.5 Å². The van der Waals surface area contributed by atoms with Crippen molar-refractivity contribution in [1.82, 2.24) is 9.80 Å². The Balaban J connectivity index is 1.93. The molecule has 0 N–H and O–H groups in total. The SMILES string of the molecule is COc1ccc(CN(C[C@H]2Cc3ccccc3CN2C(=O)OC(C)(C)C)C(=O)C(C)Cl)c(OC)c1. The first-order chi connectivity index (χ1) is 16.5. The Morgan fingerprint density at radius 3 is 2.40 bits per heavy atom. The summed E-state index contributed by atoms with van der Waals surface area (Å²) in [6.07, 6.45) is 0.209. The van der Waals surface area contributed by atoms with Crippen molar-refractivity contribution in [3.8, 4) is 11.5 Å². The third kappa shape index (κ3) is 6.82. The number of fused-ring (bicyclic) bond motifs is 1. The van der Waals surface area contributed by atoms with Crippen molar-refractivity contribution in [2.45, 2.75) is 64.2 Å². The number of rotatable bonds is 7. The van der Waals surface area contributed by atoms with Gasteiger partial charge < -0.3 is 19.1 Å². The van der Waals surface area contributed by atoms with E-state index >= 15 is 0 Å². The van der Waals surface area contributed by atoms with Crippen molar-refractivity contribution in [2.24, 2.45) is 0 Å². The van der Waals surface area contributed by atoms with Crippen LogP contribution in [0, 0.1) is 0 Å². The smallest absolute Gasteiger partial charge is 0.410 e. The maximum atomic E-state index is 13.2. The zero-order chi connectivity index (χ0) is 25.8. The molecule has 0 radical (unpaired) electrons. The molecule has 1 unspecified atom stereocenters. The van der Waals surface area contributed by atoms with Crippen LogP contribution in [0.5, 0.6) is 11.5 Å². The normalized spacial score (nSPS) is 16.2. The summed E-state index contributed by atoms with van der Waals surface area (Å²) in [5, 5.41) is -0.718. The predicted molar refractivity (Wildman–Crippen MR) is 136 cm³/mol. The number of amides is 2. The Morgan fingerprint density at radius 2 is 1.80 bits per heavy atom. The molecular formula is C27H35ClN2O5. The number of carbonyl (C=O) groups is 2. The minimum atomic E-state index is -0.718. The zero-order valence-electron chi connectivity index (χ0n) is 21.3. The monoisotopic (exact) mass is 502 g/mol. The molecule has 2 aromatic carbocycles. The van der Waals surface area contributed by atoms with E-state index in [1.807, 2.05) is 51.1 Å². The highest BCUT2D eigenvalue weighted by Gasteiger charge is 2.35. The van der Waals surface area contributed by atoms with Crippen molar-refractivity contribution in [1.29, 1.82) is 0 Å². The minimum absolute atomic E-state index is 0.215. The number of methoxy groups -OCH3 is 2. The van der Waals surface area contributed by atoms with Crippen molar-refractivity contribution >= 4 is 23.6 Å². The fourth-order valence-corrected chi connectivity index (χ4v) is 4.35. The topological polar surface area (TPSA) is 68.3 Å². The van der Waals surface area contributed by atoms with Crippen LogP contribution < -0.4 is 9.47 Å². The molecule has 7 nitrogen and oxygen atoms in total. The molecule has 190 valence electrons. The third-order valence-electron chi connectivity index (χ3n) is 5.92. The van der Waals surface area contributed by atoms with Crippen LogP contribution in [-0.2, 0) is 29.0 Å². The molecule has 8 heteroatoms. The zero-order valence-corrected chi connectivity index (χ0v) is 22.1.